The van der Waals surface area contributed by atoms with Crippen molar-refractivity contribution in [1.82, 2.24) is 42.1 Å². The molecule has 0 bridgehead atoms. The monoisotopic (exact) mass is 983 g/mol. The van der Waals surface area contributed by atoms with E-state index < -0.39 is 163 Å². The molecule has 1 saturated heterocycles. The predicted molar refractivity (Wildman–Crippen MR) is 244 cm³/mol. The van der Waals surface area contributed by atoms with Crippen LogP contribution in [0.1, 0.15) is 99.3 Å². The molecule has 1 fully saturated rings. The van der Waals surface area contributed by atoms with Gasteiger partial charge >= 0.3 is 11.9 Å². The maximum atomic E-state index is 13.6. The predicted octanol–water partition coefficient (Wildman–Crippen LogP) is -5.81. The van der Waals surface area contributed by atoms with E-state index in [1.165, 1.54) is 46.4 Å². The molecule has 28 heteroatoms. The van der Waals surface area contributed by atoms with E-state index in [0.717, 1.165) is 0 Å². The fourth-order valence-corrected chi connectivity index (χ4v) is 6.82. The van der Waals surface area contributed by atoms with E-state index in [2.05, 4.69) is 42.2 Å². The zero-order valence-corrected chi connectivity index (χ0v) is 39.7. The minimum Gasteiger partial charge on any atom is -0.481 e. The Morgan fingerprint density at radius 1 is 0.594 bits per heavy atom. The first-order chi connectivity index (χ1) is 32.1. The van der Waals surface area contributed by atoms with Gasteiger partial charge in [0.05, 0.1) is 12.5 Å². The molecular formula is C41H70N14O14. The quantitative estimate of drug-likeness (QED) is 0.0181. The molecule has 0 spiro atoms. The number of carboxylic acids is 2. The second-order valence-electron chi connectivity index (χ2n) is 17.3. The SMILES string of the molecule is CC(C)[C@H](NC(=O)[C@@H](NC(=O)[C@H](CC(=O)O)NC(=O)[C@H](CCC(N)=O)NC(=O)[C@H](C)NC(=O)[C@H](CCC(N)=O)NC(=O)[C@H](C)NC(=O)[C@@H]1CCCN1C(=O)[C@@H](N)CCCN=C(N)N)C(C)C)C(=O)O. The fraction of sp³-hybridized carbons (Fsp3) is 0.683. The summed E-state index contributed by atoms with van der Waals surface area (Å²) >= 11 is 0. The van der Waals surface area contributed by atoms with Gasteiger partial charge in [-0.3, -0.25) is 57.7 Å². The Balaban J connectivity index is 3.16. The number of nitrogens with zero attached hydrogens (tertiary/aromatic N) is 2. The molecule has 19 N–H and O–H groups in total. The molecular weight excluding hydrogens is 913 g/mol. The summed E-state index contributed by atoms with van der Waals surface area (Å²) < 4.78 is 0. The molecule has 1 heterocycles. The molecule has 388 valence electrons. The molecule has 0 aliphatic carbocycles. The number of hydrogen-bond donors (Lipinski definition) is 14. The Morgan fingerprint density at radius 2 is 1.06 bits per heavy atom. The van der Waals surface area contributed by atoms with Crippen LogP contribution in [0.3, 0.4) is 0 Å². The van der Waals surface area contributed by atoms with E-state index in [1.807, 2.05) is 0 Å². The van der Waals surface area contributed by atoms with Gasteiger partial charge in [-0.05, 0) is 64.2 Å². The molecule has 0 radical (unpaired) electrons. The van der Waals surface area contributed by atoms with Crippen molar-refractivity contribution in [2.75, 3.05) is 13.1 Å². The molecule has 0 saturated carbocycles. The van der Waals surface area contributed by atoms with E-state index in [4.69, 9.17) is 28.7 Å². The molecule has 0 aromatic heterocycles. The highest BCUT2D eigenvalue weighted by atomic mass is 16.4. The fourth-order valence-electron chi connectivity index (χ4n) is 6.82. The van der Waals surface area contributed by atoms with E-state index in [1.54, 1.807) is 0 Å². The second-order valence-corrected chi connectivity index (χ2v) is 17.3. The van der Waals surface area contributed by atoms with Crippen LogP contribution in [-0.4, -0.2) is 160 Å². The average Bonchev–Trinajstić information content (AvgIpc) is 3.75. The van der Waals surface area contributed by atoms with E-state index in [0.29, 0.717) is 12.8 Å². The number of aliphatic carboxylic acids is 2. The van der Waals surface area contributed by atoms with Crippen LogP contribution in [0.2, 0.25) is 0 Å². The number of likely N-dealkylation sites (tertiary alicyclic amines) is 1. The Bertz CT molecular complexity index is 1930. The lowest BCUT2D eigenvalue weighted by Crippen LogP contribution is -2.60. The molecule has 9 atom stereocenters. The zero-order chi connectivity index (χ0) is 52.9. The summed E-state index contributed by atoms with van der Waals surface area (Å²) in [6.45, 7) is 9.05. The van der Waals surface area contributed by atoms with Crippen LogP contribution in [-0.2, 0) is 57.5 Å². The topological polar surface area (TPSA) is 475 Å². The van der Waals surface area contributed by atoms with Crippen LogP contribution in [0.4, 0.5) is 0 Å². The first-order valence-electron chi connectivity index (χ1n) is 22.3. The van der Waals surface area contributed by atoms with Crippen LogP contribution in [0.25, 0.3) is 0 Å². The van der Waals surface area contributed by atoms with Crippen molar-refractivity contribution < 1.29 is 67.7 Å². The van der Waals surface area contributed by atoms with Gasteiger partial charge in [0.15, 0.2) is 5.96 Å². The van der Waals surface area contributed by atoms with Crippen LogP contribution in [0.15, 0.2) is 4.99 Å². The van der Waals surface area contributed by atoms with Gasteiger partial charge in [0, 0.05) is 25.9 Å². The van der Waals surface area contributed by atoms with Crippen molar-refractivity contribution >= 4 is 77.0 Å². The standard InChI is InChI=1S/C41H70N14O14/c1-18(2)30(38(66)54-31(19(3)4)40(68)69)53-36(64)25(17-29(58)59)52-35(63)24(12-14-28(44)57)51-32(60)20(5)48-34(62)23(11-13-27(43)56)50-33(61)21(6)49-37(65)26-10-8-16-55(26)39(67)22(42)9-7-15-47-41(45)46/h18-26,30-31H,7-17,42H2,1-6H3,(H2,43,56)(H2,44,57)(H,48,62)(H,49,65)(H,50,61)(H,51,60)(H,52,63)(H,53,64)(H,54,66)(H,58,59)(H,68,69)(H4,45,46,47)/t20-,21-,22-,23-,24-,25-,26-,30-,31-/m0/s1. The molecule has 1 aliphatic rings. The third-order valence-corrected chi connectivity index (χ3v) is 10.7. The van der Waals surface area contributed by atoms with Gasteiger partial charge in [0.1, 0.15) is 48.3 Å². The number of carboxylic acid groups (broad SMARTS) is 2. The van der Waals surface area contributed by atoms with Gasteiger partial charge in [-0.2, -0.15) is 0 Å². The normalized spacial score (nSPS) is 16.7. The summed E-state index contributed by atoms with van der Waals surface area (Å²) in [5.41, 5.74) is 27.3. The van der Waals surface area contributed by atoms with E-state index >= 15 is 0 Å². The highest BCUT2D eigenvalue weighted by Gasteiger charge is 2.38. The molecule has 1 rings (SSSR count). The van der Waals surface area contributed by atoms with E-state index in [-0.39, 0.29) is 38.3 Å². The molecule has 1 aliphatic heterocycles. The summed E-state index contributed by atoms with van der Waals surface area (Å²) in [5.74, 6) is -13.4. The van der Waals surface area contributed by atoms with Gasteiger partial charge in [-0.1, -0.05) is 27.7 Å². The van der Waals surface area contributed by atoms with E-state index in [9.17, 15) is 67.7 Å². The Kier molecular flexibility index (Phi) is 25.1. The average molecular weight is 983 g/mol. The number of nitrogens with one attached hydrogen (secondary N) is 7. The van der Waals surface area contributed by atoms with Gasteiger partial charge in [0.2, 0.25) is 59.1 Å². The Labute approximate surface area is 398 Å². The van der Waals surface area contributed by atoms with Gasteiger partial charge in [-0.15, -0.1) is 0 Å². The number of rotatable bonds is 30. The van der Waals surface area contributed by atoms with Crippen molar-refractivity contribution in [2.24, 2.45) is 45.5 Å². The van der Waals surface area contributed by atoms with Crippen LogP contribution >= 0.6 is 0 Å². The lowest BCUT2D eigenvalue weighted by atomic mass is 9.99. The minimum atomic E-state index is -1.88. The van der Waals surface area contributed by atoms with Crippen molar-refractivity contribution in [3.8, 4) is 0 Å². The second kappa shape index (κ2) is 28.9. The highest BCUT2D eigenvalue weighted by Crippen LogP contribution is 2.19. The largest absolute Gasteiger partial charge is 0.481 e. The number of aliphatic imine (C=N–C) groups is 1. The number of guanidine groups is 1. The third-order valence-electron chi connectivity index (χ3n) is 10.7. The number of carbonyl (C=O) groups excluding carboxylic acids is 10. The van der Waals surface area contributed by atoms with Crippen LogP contribution < -0.4 is 65.9 Å². The molecule has 0 aromatic carbocycles. The van der Waals surface area contributed by atoms with Crippen molar-refractivity contribution in [3.63, 3.8) is 0 Å². The smallest absolute Gasteiger partial charge is 0.326 e. The Morgan fingerprint density at radius 3 is 1.52 bits per heavy atom. The molecule has 0 aromatic rings. The lowest BCUT2D eigenvalue weighted by Gasteiger charge is -2.28. The first kappa shape index (κ1) is 59.9. The van der Waals surface area contributed by atoms with Crippen molar-refractivity contribution in [1.29, 1.82) is 0 Å². The third kappa shape index (κ3) is 21.2. The summed E-state index contributed by atoms with van der Waals surface area (Å²) in [6, 6.07) is -12.6. The highest BCUT2D eigenvalue weighted by molar-refractivity contribution is 5.99. The number of hydrogen-bond acceptors (Lipinski definition) is 14. The lowest BCUT2D eigenvalue weighted by molar-refractivity contribution is -0.144. The maximum Gasteiger partial charge on any atom is 0.326 e. The molecule has 0 unspecified atom stereocenters. The van der Waals surface area contributed by atoms with Gasteiger partial charge < -0.3 is 81.0 Å². The number of nitrogens with two attached hydrogens (primary N) is 5. The summed E-state index contributed by atoms with van der Waals surface area (Å²) in [6.07, 6.45) is -1.44. The molecule has 28 nitrogen and oxygen atoms in total. The summed E-state index contributed by atoms with van der Waals surface area (Å²) in [5, 5.41) is 35.5. The molecule has 10 amide bonds. The first-order valence-corrected chi connectivity index (χ1v) is 22.3. The minimum absolute atomic E-state index is 0.113. The summed E-state index contributed by atoms with van der Waals surface area (Å²) in [7, 11) is 0. The zero-order valence-electron chi connectivity index (χ0n) is 39.7. The maximum absolute atomic E-state index is 13.6. The van der Waals surface area contributed by atoms with Crippen LogP contribution in [0, 0.1) is 11.8 Å². The summed E-state index contributed by atoms with van der Waals surface area (Å²) in [4.78, 5) is 159. The van der Waals surface area contributed by atoms with Gasteiger partial charge in [0.25, 0.3) is 0 Å². The number of amides is 10. The van der Waals surface area contributed by atoms with Gasteiger partial charge in [-0.25, -0.2) is 4.79 Å². The Hall–Kier alpha value is -7.13. The van der Waals surface area contributed by atoms with Crippen molar-refractivity contribution in [3.05, 3.63) is 0 Å². The van der Waals surface area contributed by atoms with Crippen molar-refractivity contribution in [2.45, 2.75) is 154 Å². The number of primary amides is 2. The molecule has 69 heavy (non-hydrogen) atoms. The van der Waals surface area contributed by atoms with Crippen LogP contribution in [0.5, 0.6) is 0 Å². The number of carbonyl (C=O) groups is 12.